The highest BCUT2D eigenvalue weighted by Gasteiger charge is 2.39. The van der Waals surface area contributed by atoms with Crippen LogP contribution in [0.3, 0.4) is 0 Å². The summed E-state index contributed by atoms with van der Waals surface area (Å²) < 4.78 is 61.2. The van der Waals surface area contributed by atoms with Gasteiger partial charge >= 0.3 is 0 Å². The Labute approximate surface area is 320 Å². The highest BCUT2D eigenvalue weighted by Crippen LogP contribution is 2.41. The molecule has 3 heterocycles. The lowest BCUT2D eigenvalue weighted by Crippen LogP contribution is -2.48. The minimum absolute atomic E-state index is 0.0301. The quantitative estimate of drug-likeness (QED) is 0.116. The predicted octanol–water partition coefficient (Wildman–Crippen LogP) is 5.86. The van der Waals surface area contributed by atoms with Crippen LogP contribution in [0.2, 0.25) is 0 Å². The predicted molar refractivity (Wildman–Crippen MR) is 208 cm³/mol. The van der Waals surface area contributed by atoms with Gasteiger partial charge in [0, 0.05) is 51.9 Å². The van der Waals surface area contributed by atoms with Gasteiger partial charge in [-0.15, -0.1) is 10.2 Å². The van der Waals surface area contributed by atoms with Crippen LogP contribution in [-0.4, -0.2) is 94.6 Å². The molecule has 1 saturated heterocycles. The Kier molecular flexibility index (Phi) is 14.1. The third kappa shape index (κ3) is 10.3. The number of nitrogens with zero attached hydrogens (tertiary/aromatic N) is 4. The third-order valence-corrected chi connectivity index (χ3v) is 12.1. The maximum Gasteiger partial charge on any atom is 0.209 e. The first-order valence-corrected chi connectivity index (χ1v) is 20.6. The van der Waals surface area contributed by atoms with Crippen molar-refractivity contribution < 1.29 is 32.1 Å². The fourth-order valence-electron chi connectivity index (χ4n) is 7.27. The average molecular weight is 762 g/mol. The molecule has 12 nitrogen and oxygen atoms in total. The van der Waals surface area contributed by atoms with Gasteiger partial charge in [0.15, 0.2) is 5.44 Å². The van der Waals surface area contributed by atoms with Crippen molar-refractivity contribution in [2.45, 2.75) is 87.7 Å². The van der Waals surface area contributed by atoms with E-state index in [9.17, 15) is 8.42 Å². The average Bonchev–Trinajstić information content (AvgIpc) is 3.71. The molecule has 2 aliphatic heterocycles. The summed E-state index contributed by atoms with van der Waals surface area (Å²) in [6.07, 6.45) is 5.50. The van der Waals surface area contributed by atoms with Crippen molar-refractivity contribution in [2.75, 3.05) is 58.1 Å². The van der Waals surface area contributed by atoms with Gasteiger partial charge in [-0.05, 0) is 81.0 Å². The molecule has 0 saturated carbocycles. The SMILES string of the molecule is CCOC(C)COCc1ccc([C@H]2C[C@H](CCn3cnnc3)NC[C@@H]2OC(c2ccc3c(c2)N(CCCOC)CCO3)S(=O)(=O)c2ccc(C)cc2)cc1. The van der Waals surface area contributed by atoms with Crippen LogP contribution >= 0.6 is 0 Å². The van der Waals surface area contributed by atoms with E-state index in [4.69, 9.17) is 23.7 Å². The van der Waals surface area contributed by atoms with Crippen LogP contribution in [0.4, 0.5) is 5.69 Å². The normalized spacial score (nSPS) is 19.9. The number of hydrogen-bond donors (Lipinski definition) is 1. The standard InChI is InChI=1S/C41H55N5O7S/c1-5-51-31(3)26-50-27-32-9-11-33(12-10-32)37-24-35(17-19-45-28-43-44-29-45)42-25-40(37)53-41(54(47,48)36-14-7-30(2)8-15-36)34-13-16-39-38(23-34)46(20-22-52-39)18-6-21-49-4/h7-16,23,28-29,31,35,37,40-42H,5-6,17-22,24-27H2,1-4H3/t31?,35-,37+,40-,41?/m0/s1. The van der Waals surface area contributed by atoms with E-state index >= 15 is 0 Å². The topological polar surface area (TPSA) is 126 Å². The van der Waals surface area contributed by atoms with Crippen molar-refractivity contribution >= 4 is 15.5 Å². The highest BCUT2D eigenvalue weighted by atomic mass is 32.2. The van der Waals surface area contributed by atoms with Crippen molar-refractivity contribution in [1.82, 2.24) is 20.1 Å². The Bertz CT molecular complexity index is 1840. The zero-order chi connectivity index (χ0) is 37.9. The van der Waals surface area contributed by atoms with Crippen LogP contribution in [0.25, 0.3) is 0 Å². The van der Waals surface area contributed by atoms with Crippen molar-refractivity contribution in [2.24, 2.45) is 0 Å². The van der Waals surface area contributed by atoms with Crippen LogP contribution in [0.5, 0.6) is 5.75 Å². The first kappa shape index (κ1) is 39.8. The van der Waals surface area contributed by atoms with Gasteiger partial charge in [-0.1, -0.05) is 48.0 Å². The summed E-state index contributed by atoms with van der Waals surface area (Å²) in [4.78, 5) is 2.46. The molecule has 5 atom stereocenters. The minimum atomic E-state index is -4.00. The second-order valence-corrected chi connectivity index (χ2v) is 16.2. The fourth-order valence-corrected chi connectivity index (χ4v) is 8.83. The van der Waals surface area contributed by atoms with Crippen molar-refractivity contribution in [1.29, 1.82) is 0 Å². The molecule has 2 unspecified atom stereocenters. The smallest absolute Gasteiger partial charge is 0.209 e. The molecular formula is C41H55N5O7S. The number of hydrogen-bond acceptors (Lipinski definition) is 11. The third-order valence-electron chi connectivity index (χ3n) is 10.2. The molecule has 292 valence electrons. The van der Waals surface area contributed by atoms with Crippen LogP contribution in [0, 0.1) is 6.92 Å². The maximum absolute atomic E-state index is 14.7. The molecule has 0 aliphatic carbocycles. The molecule has 0 radical (unpaired) electrons. The molecule has 2 aliphatic rings. The first-order chi connectivity index (χ1) is 26.2. The zero-order valence-electron chi connectivity index (χ0n) is 31.9. The number of ether oxygens (including phenoxy) is 5. The van der Waals surface area contributed by atoms with Gasteiger partial charge in [0.1, 0.15) is 25.0 Å². The van der Waals surface area contributed by atoms with Crippen molar-refractivity contribution in [3.8, 4) is 5.75 Å². The van der Waals surface area contributed by atoms with Crippen LogP contribution in [0.1, 0.15) is 66.7 Å². The largest absolute Gasteiger partial charge is 0.490 e. The molecule has 1 aromatic heterocycles. The number of piperidine rings is 1. The van der Waals surface area contributed by atoms with E-state index in [1.807, 2.05) is 55.7 Å². The summed E-state index contributed by atoms with van der Waals surface area (Å²) in [5, 5.41) is 11.6. The molecule has 1 fully saturated rings. The molecule has 1 N–H and O–H groups in total. The lowest BCUT2D eigenvalue weighted by atomic mass is 9.83. The number of sulfone groups is 1. The van der Waals surface area contributed by atoms with Gasteiger partial charge in [-0.3, -0.25) is 0 Å². The number of nitrogens with one attached hydrogen (secondary N) is 1. The van der Waals surface area contributed by atoms with Crippen LogP contribution in [-0.2, 0) is 41.9 Å². The van der Waals surface area contributed by atoms with E-state index in [1.54, 1.807) is 31.9 Å². The number of anilines is 1. The van der Waals surface area contributed by atoms with E-state index in [0.29, 0.717) is 51.7 Å². The molecule has 4 aromatic rings. The number of fused-ring (bicyclic) bond motifs is 1. The lowest BCUT2D eigenvalue weighted by molar-refractivity contribution is -0.00771. The Morgan fingerprint density at radius 1 is 1.02 bits per heavy atom. The van der Waals surface area contributed by atoms with E-state index < -0.39 is 21.4 Å². The summed E-state index contributed by atoms with van der Waals surface area (Å²) in [6, 6.07) is 21.3. The monoisotopic (exact) mass is 761 g/mol. The molecule has 0 bridgehead atoms. The van der Waals surface area contributed by atoms with E-state index in [1.165, 1.54) is 0 Å². The van der Waals surface area contributed by atoms with Crippen molar-refractivity contribution in [3.63, 3.8) is 0 Å². The number of aryl methyl sites for hydroxylation is 2. The highest BCUT2D eigenvalue weighted by molar-refractivity contribution is 7.91. The van der Waals surface area contributed by atoms with Crippen LogP contribution in [0.15, 0.2) is 84.3 Å². The second-order valence-electron chi connectivity index (χ2n) is 14.2. The number of aromatic nitrogens is 3. The van der Waals surface area contributed by atoms with Gasteiger partial charge in [0.2, 0.25) is 9.84 Å². The summed E-state index contributed by atoms with van der Waals surface area (Å²) in [5.74, 6) is 0.658. The molecule has 6 rings (SSSR count). The Morgan fingerprint density at radius 3 is 2.54 bits per heavy atom. The zero-order valence-corrected chi connectivity index (χ0v) is 32.7. The molecular weight excluding hydrogens is 707 g/mol. The van der Waals surface area contributed by atoms with E-state index in [-0.39, 0.29) is 23.0 Å². The summed E-state index contributed by atoms with van der Waals surface area (Å²) in [5.41, 5.74) is 3.31. The molecule has 3 aromatic carbocycles. The maximum atomic E-state index is 14.7. The summed E-state index contributed by atoms with van der Waals surface area (Å²) in [7, 11) is -2.30. The molecule has 0 amide bonds. The first-order valence-electron chi connectivity index (χ1n) is 19.1. The fraction of sp³-hybridized carbons (Fsp3) is 0.512. The molecule has 13 heteroatoms. The molecule has 0 spiro atoms. The van der Waals surface area contributed by atoms with Gasteiger partial charge in [0.05, 0.1) is 42.5 Å². The minimum Gasteiger partial charge on any atom is -0.490 e. The number of rotatable bonds is 19. The van der Waals surface area contributed by atoms with Gasteiger partial charge < -0.3 is 38.5 Å². The molecule has 54 heavy (non-hydrogen) atoms. The summed E-state index contributed by atoms with van der Waals surface area (Å²) in [6.45, 7) is 11.5. The number of benzene rings is 3. The Balaban J connectivity index is 1.30. The van der Waals surface area contributed by atoms with Crippen LogP contribution < -0.4 is 15.0 Å². The van der Waals surface area contributed by atoms with Crippen molar-refractivity contribution in [3.05, 3.63) is 102 Å². The van der Waals surface area contributed by atoms with Gasteiger partial charge in [-0.25, -0.2) is 8.42 Å². The Hall–Kier alpha value is -3.85. The number of methoxy groups -OCH3 is 1. The van der Waals surface area contributed by atoms with E-state index in [0.717, 1.165) is 60.5 Å². The van der Waals surface area contributed by atoms with Gasteiger partial charge in [0.25, 0.3) is 0 Å². The Morgan fingerprint density at radius 2 is 1.80 bits per heavy atom. The van der Waals surface area contributed by atoms with Gasteiger partial charge in [-0.2, -0.15) is 0 Å². The second kappa shape index (κ2) is 19.1. The summed E-state index contributed by atoms with van der Waals surface area (Å²) >= 11 is 0. The van der Waals surface area contributed by atoms with E-state index in [2.05, 4.69) is 44.7 Å². The lowest BCUT2D eigenvalue weighted by Gasteiger charge is -2.39.